The maximum absolute atomic E-state index is 11.1. The van der Waals surface area contributed by atoms with E-state index in [1.54, 1.807) is 18.2 Å². The first-order valence-corrected chi connectivity index (χ1v) is 6.07. The van der Waals surface area contributed by atoms with Crippen LogP contribution in [0.2, 0.25) is 5.02 Å². The number of carbonyl (C=O) groups excluding carboxylic acids is 2. The Balaban J connectivity index is 2.29. The van der Waals surface area contributed by atoms with Gasteiger partial charge < -0.3 is 10.6 Å². The molecule has 0 saturated carbocycles. The Morgan fingerprint density at radius 2 is 2.21 bits per heavy atom. The fraction of sp³-hybridized carbons (Fsp3) is 0.250. The summed E-state index contributed by atoms with van der Waals surface area (Å²) in [7, 11) is 0. The summed E-state index contributed by atoms with van der Waals surface area (Å²) in [5.41, 5.74) is 4.35. The summed E-state index contributed by atoms with van der Waals surface area (Å²) in [6, 6.07) is 4.63. The summed E-state index contributed by atoms with van der Waals surface area (Å²) in [5.74, 6) is -0.188. The summed E-state index contributed by atoms with van der Waals surface area (Å²) in [6.07, 6.45) is 0. The van der Waals surface area contributed by atoms with E-state index in [1.807, 2.05) is 6.92 Å². The van der Waals surface area contributed by atoms with Gasteiger partial charge in [0.1, 0.15) is 0 Å². The fourth-order valence-corrected chi connectivity index (χ4v) is 2.01. The molecule has 0 spiro atoms. The Morgan fingerprint density at radius 3 is 2.79 bits per heavy atom. The molecule has 2 rings (SSSR count). The van der Waals surface area contributed by atoms with Crippen molar-refractivity contribution < 1.29 is 9.59 Å². The highest BCUT2D eigenvalue weighted by atomic mass is 35.5. The van der Waals surface area contributed by atoms with Crippen LogP contribution in [0, 0.1) is 0 Å². The van der Waals surface area contributed by atoms with Crippen LogP contribution >= 0.6 is 11.6 Å². The molecule has 6 nitrogen and oxygen atoms in total. The summed E-state index contributed by atoms with van der Waals surface area (Å²) in [5, 5.41) is 9.74. The minimum atomic E-state index is -0.336. The van der Waals surface area contributed by atoms with Crippen molar-refractivity contribution in [3.8, 4) is 0 Å². The summed E-state index contributed by atoms with van der Waals surface area (Å²) in [4.78, 5) is 22.1. The predicted octanol–water partition coefficient (Wildman–Crippen LogP) is 1.70. The molecule has 3 N–H and O–H groups in total. The zero-order valence-corrected chi connectivity index (χ0v) is 11.2. The Kier molecular flexibility index (Phi) is 3.71. The van der Waals surface area contributed by atoms with Gasteiger partial charge in [-0.05, 0) is 19.1 Å². The van der Waals surface area contributed by atoms with Crippen LogP contribution in [0.5, 0.6) is 0 Å². The molecule has 1 unspecified atom stereocenters. The topological polar surface area (TPSA) is 82.6 Å². The van der Waals surface area contributed by atoms with Gasteiger partial charge in [-0.1, -0.05) is 17.7 Å². The normalized spacial score (nSPS) is 18.2. The van der Waals surface area contributed by atoms with Gasteiger partial charge in [-0.25, -0.2) is 10.2 Å². The number of hydrogen-bond donors (Lipinski definition) is 3. The highest BCUT2D eigenvalue weighted by Gasteiger charge is 2.20. The highest BCUT2D eigenvalue weighted by Crippen LogP contribution is 2.24. The molecule has 0 aromatic heterocycles. The van der Waals surface area contributed by atoms with Gasteiger partial charge >= 0.3 is 6.03 Å². The second-order valence-electron chi connectivity index (χ2n) is 4.18. The number of nitrogens with zero attached hydrogens (tertiary/aromatic N) is 1. The third-order valence-corrected chi connectivity index (χ3v) is 2.92. The molecular formula is C12H13ClN4O2. The molecule has 7 heteroatoms. The molecule has 0 radical (unpaired) electrons. The SMILES string of the molecule is CC(=O)Nc1ccc(C2=NNC(=O)NC2C)cc1Cl. The van der Waals surface area contributed by atoms with Crippen LogP contribution in [-0.4, -0.2) is 23.7 Å². The maximum atomic E-state index is 11.1. The third kappa shape index (κ3) is 3.03. The number of benzene rings is 1. The maximum Gasteiger partial charge on any atom is 0.335 e. The van der Waals surface area contributed by atoms with Gasteiger partial charge in [0.25, 0.3) is 0 Å². The predicted molar refractivity (Wildman–Crippen MR) is 73.4 cm³/mol. The molecule has 1 aromatic rings. The van der Waals surface area contributed by atoms with Crippen molar-refractivity contribution in [2.45, 2.75) is 19.9 Å². The van der Waals surface area contributed by atoms with Crippen molar-refractivity contribution in [1.29, 1.82) is 0 Å². The molecule has 3 amide bonds. The molecule has 0 aliphatic carbocycles. The zero-order valence-electron chi connectivity index (χ0n) is 10.5. The zero-order chi connectivity index (χ0) is 14.0. The minimum absolute atomic E-state index is 0.188. The first kappa shape index (κ1) is 13.4. The lowest BCUT2D eigenvalue weighted by molar-refractivity contribution is -0.114. The highest BCUT2D eigenvalue weighted by molar-refractivity contribution is 6.34. The van der Waals surface area contributed by atoms with Crippen LogP contribution in [0.3, 0.4) is 0 Å². The molecule has 1 aliphatic heterocycles. The van der Waals surface area contributed by atoms with Crippen molar-refractivity contribution in [3.05, 3.63) is 28.8 Å². The molecule has 1 aromatic carbocycles. The molecular weight excluding hydrogens is 268 g/mol. The van der Waals surface area contributed by atoms with Crippen LogP contribution in [0.15, 0.2) is 23.3 Å². The number of hydrazone groups is 1. The van der Waals surface area contributed by atoms with Crippen LogP contribution < -0.4 is 16.1 Å². The molecule has 0 saturated heterocycles. The van der Waals surface area contributed by atoms with Crippen LogP contribution in [0.25, 0.3) is 0 Å². The van der Waals surface area contributed by atoms with E-state index < -0.39 is 0 Å². The number of nitrogens with one attached hydrogen (secondary N) is 3. The average Bonchev–Trinajstić information content (AvgIpc) is 2.31. The quantitative estimate of drug-likeness (QED) is 0.770. The van der Waals surface area contributed by atoms with Gasteiger partial charge in [0.2, 0.25) is 5.91 Å². The van der Waals surface area contributed by atoms with E-state index in [0.717, 1.165) is 5.56 Å². The minimum Gasteiger partial charge on any atom is -0.328 e. The number of carbonyl (C=O) groups is 2. The molecule has 19 heavy (non-hydrogen) atoms. The first-order chi connectivity index (χ1) is 8.97. The van der Waals surface area contributed by atoms with Gasteiger partial charge in [-0.15, -0.1) is 0 Å². The van der Waals surface area contributed by atoms with Crippen LogP contribution in [-0.2, 0) is 4.79 Å². The monoisotopic (exact) mass is 280 g/mol. The van der Waals surface area contributed by atoms with Gasteiger partial charge in [0.05, 0.1) is 22.5 Å². The smallest absolute Gasteiger partial charge is 0.328 e. The molecule has 100 valence electrons. The van der Waals surface area contributed by atoms with E-state index in [1.165, 1.54) is 6.92 Å². The Labute approximate surface area is 115 Å². The largest absolute Gasteiger partial charge is 0.335 e. The average molecular weight is 281 g/mol. The number of rotatable bonds is 2. The van der Waals surface area contributed by atoms with Crippen molar-refractivity contribution in [3.63, 3.8) is 0 Å². The van der Waals surface area contributed by atoms with Crippen molar-refractivity contribution >= 4 is 34.9 Å². The first-order valence-electron chi connectivity index (χ1n) is 5.69. The number of urea groups is 1. The Hall–Kier alpha value is -2.08. The lowest BCUT2D eigenvalue weighted by atomic mass is 10.0. The second kappa shape index (κ2) is 5.27. The van der Waals surface area contributed by atoms with Gasteiger partial charge in [0, 0.05) is 12.5 Å². The second-order valence-corrected chi connectivity index (χ2v) is 4.59. The molecule has 1 heterocycles. The number of hydrogen-bond acceptors (Lipinski definition) is 3. The summed E-state index contributed by atoms with van der Waals surface area (Å²) < 4.78 is 0. The lowest BCUT2D eigenvalue weighted by Crippen LogP contribution is -2.48. The molecule has 0 fully saturated rings. The number of halogens is 1. The summed E-state index contributed by atoms with van der Waals surface area (Å²) >= 11 is 6.09. The van der Waals surface area contributed by atoms with Crippen molar-refractivity contribution in [1.82, 2.24) is 10.7 Å². The van der Waals surface area contributed by atoms with Gasteiger partial charge in [-0.3, -0.25) is 4.79 Å². The Morgan fingerprint density at radius 1 is 1.47 bits per heavy atom. The Bertz CT molecular complexity index is 571. The van der Waals surface area contributed by atoms with Crippen LogP contribution in [0.4, 0.5) is 10.5 Å². The fourth-order valence-electron chi connectivity index (χ4n) is 1.79. The van der Waals surface area contributed by atoms with E-state index in [-0.39, 0.29) is 18.0 Å². The van der Waals surface area contributed by atoms with Gasteiger partial charge in [-0.2, -0.15) is 5.10 Å². The van der Waals surface area contributed by atoms with E-state index in [0.29, 0.717) is 16.4 Å². The van der Waals surface area contributed by atoms with Crippen molar-refractivity contribution in [2.24, 2.45) is 5.10 Å². The molecule has 1 aliphatic rings. The molecule has 1 atom stereocenters. The van der Waals surface area contributed by atoms with E-state index in [4.69, 9.17) is 11.6 Å². The lowest BCUT2D eigenvalue weighted by Gasteiger charge is -2.21. The van der Waals surface area contributed by atoms with Gasteiger partial charge in [0.15, 0.2) is 0 Å². The van der Waals surface area contributed by atoms with E-state index in [9.17, 15) is 9.59 Å². The third-order valence-electron chi connectivity index (χ3n) is 2.61. The standard InChI is InChI=1S/C12H13ClN4O2/c1-6-11(16-17-12(19)14-6)8-3-4-10(9(13)5-8)15-7(2)18/h3-6H,1-2H3,(H,15,18)(H2,14,17,19). The van der Waals surface area contributed by atoms with E-state index >= 15 is 0 Å². The van der Waals surface area contributed by atoms with Crippen LogP contribution in [0.1, 0.15) is 19.4 Å². The van der Waals surface area contributed by atoms with Crippen molar-refractivity contribution in [2.75, 3.05) is 5.32 Å². The molecule has 0 bridgehead atoms. The number of anilines is 1. The number of amides is 3. The summed E-state index contributed by atoms with van der Waals surface area (Å²) in [6.45, 7) is 3.24. The van der Waals surface area contributed by atoms with E-state index in [2.05, 4.69) is 21.2 Å².